The molecule has 0 amide bonds. The van der Waals surface area contributed by atoms with Crippen molar-refractivity contribution in [3.63, 3.8) is 0 Å². The van der Waals surface area contributed by atoms with Crippen LogP contribution in [0.3, 0.4) is 0 Å². The minimum atomic E-state index is -1.12. The predicted octanol–water partition coefficient (Wildman–Crippen LogP) is 0.671. The molecule has 3 nitrogen and oxygen atoms in total. The molecule has 1 aliphatic carbocycles. The van der Waals surface area contributed by atoms with Gasteiger partial charge in [-0.05, 0) is 25.7 Å². The van der Waals surface area contributed by atoms with E-state index in [9.17, 15) is 10.2 Å². The van der Waals surface area contributed by atoms with Crippen molar-refractivity contribution in [1.82, 2.24) is 0 Å². The normalized spacial score (nSPS) is 26.8. The summed E-state index contributed by atoms with van der Waals surface area (Å²) in [4.78, 5) is 0. The highest BCUT2D eigenvalue weighted by atomic mass is 16.4. The molecule has 0 spiro atoms. The molecule has 2 unspecified atom stereocenters. The SMILES string of the molecule is CC(O)(C(O)CO)C1CCCCC1. The summed E-state index contributed by atoms with van der Waals surface area (Å²) >= 11 is 0. The fraction of sp³-hybridized carbons (Fsp3) is 1.00. The van der Waals surface area contributed by atoms with Gasteiger partial charge in [0.1, 0.15) is 6.10 Å². The summed E-state index contributed by atoms with van der Waals surface area (Å²) in [7, 11) is 0. The van der Waals surface area contributed by atoms with Crippen LogP contribution in [-0.2, 0) is 0 Å². The Hall–Kier alpha value is -0.120. The van der Waals surface area contributed by atoms with Gasteiger partial charge in [-0.15, -0.1) is 0 Å². The molecule has 0 bridgehead atoms. The van der Waals surface area contributed by atoms with Gasteiger partial charge in [-0.2, -0.15) is 0 Å². The topological polar surface area (TPSA) is 60.7 Å². The zero-order chi connectivity index (χ0) is 9.90. The fourth-order valence-electron chi connectivity index (χ4n) is 2.14. The second-order valence-corrected chi connectivity index (χ2v) is 4.26. The third kappa shape index (κ3) is 2.42. The van der Waals surface area contributed by atoms with Crippen molar-refractivity contribution >= 4 is 0 Å². The van der Waals surface area contributed by atoms with Gasteiger partial charge in [-0.3, -0.25) is 0 Å². The van der Waals surface area contributed by atoms with Gasteiger partial charge in [0, 0.05) is 0 Å². The Labute approximate surface area is 79.4 Å². The Kier molecular flexibility index (Phi) is 3.71. The highest BCUT2D eigenvalue weighted by Crippen LogP contribution is 2.34. The monoisotopic (exact) mass is 188 g/mol. The highest BCUT2D eigenvalue weighted by Gasteiger charge is 2.38. The van der Waals surface area contributed by atoms with Crippen LogP contribution in [-0.4, -0.2) is 33.6 Å². The van der Waals surface area contributed by atoms with E-state index in [2.05, 4.69) is 0 Å². The van der Waals surface area contributed by atoms with Gasteiger partial charge in [0.2, 0.25) is 0 Å². The molecule has 0 aromatic rings. The van der Waals surface area contributed by atoms with Crippen LogP contribution in [0.2, 0.25) is 0 Å². The van der Waals surface area contributed by atoms with E-state index in [1.807, 2.05) is 0 Å². The third-order valence-corrected chi connectivity index (χ3v) is 3.28. The van der Waals surface area contributed by atoms with Gasteiger partial charge in [0.05, 0.1) is 12.2 Å². The van der Waals surface area contributed by atoms with E-state index in [0.717, 1.165) is 25.7 Å². The van der Waals surface area contributed by atoms with Crippen molar-refractivity contribution < 1.29 is 15.3 Å². The van der Waals surface area contributed by atoms with Gasteiger partial charge in [0.25, 0.3) is 0 Å². The van der Waals surface area contributed by atoms with E-state index >= 15 is 0 Å². The first-order valence-electron chi connectivity index (χ1n) is 5.10. The Bertz CT molecular complexity index is 150. The standard InChI is InChI=1S/C10H20O3/c1-10(13,9(12)7-11)8-5-3-2-4-6-8/h8-9,11-13H,2-7H2,1H3. The van der Waals surface area contributed by atoms with Crippen LogP contribution in [0, 0.1) is 5.92 Å². The first kappa shape index (κ1) is 11.0. The molecule has 0 heterocycles. The summed E-state index contributed by atoms with van der Waals surface area (Å²) in [6.07, 6.45) is 4.39. The number of aliphatic hydroxyl groups excluding tert-OH is 2. The maximum absolute atomic E-state index is 10.00. The molecule has 0 aromatic carbocycles. The van der Waals surface area contributed by atoms with E-state index in [1.54, 1.807) is 6.92 Å². The number of hydrogen-bond acceptors (Lipinski definition) is 3. The molecule has 2 atom stereocenters. The van der Waals surface area contributed by atoms with Gasteiger partial charge < -0.3 is 15.3 Å². The maximum Gasteiger partial charge on any atom is 0.106 e. The number of rotatable bonds is 3. The van der Waals surface area contributed by atoms with Crippen LogP contribution in [0.5, 0.6) is 0 Å². The first-order valence-corrected chi connectivity index (χ1v) is 5.10. The van der Waals surface area contributed by atoms with Gasteiger partial charge in [0.15, 0.2) is 0 Å². The predicted molar refractivity (Wildman–Crippen MR) is 50.3 cm³/mol. The number of hydrogen-bond donors (Lipinski definition) is 3. The largest absolute Gasteiger partial charge is 0.394 e. The summed E-state index contributed by atoms with van der Waals surface area (Å²) < 4.78 is 0. The average molecular weight is 188 g/mol. The van der Waals surface area contributed by atoms with E-state index < -0.39 is 11.7 Å². The van der Waals surface area contributed by atoms with Crippen LogP contribution in [0.25, 0.3) is 0 Å². The molecule has 0 aliphatic heterocycles. The van der Waals surface area contributed by atoms with Crippen molar-refractivity contribution in [2.75, 3.05) is 6.61 Å². The van der Waals surface area contributed by atoms with Gasteiger partial charge >= 0.3 is 0 Å². The van der Waals surface area contributed by atoms with Crippen molar-refractivity contribution in [3.8, 4) is 0 Å². The van der Waals surface area contributed by atoms with Crippen molar-refractivity contribution in [2.24, 2.45) is 5.92 Å². The lowest BCUT2D eigenvalue weighted by Gasteiger charge is -2.38. The van der Waals surface area contributed by atoms with E-state index in [4.69, 9.17) is 5.11 Å². The minimum absolute atomic E-state index is 0.142. The molecule has 3 N–H and O–H groups in total. The third-order valence-electron chi connectivity index (χ3n) is 3.28. The Morgan fingerprint density at radius 2 is 1.85 bits per heavy atom. The zero-order valence-electron chi connectivity index (χ0n) is 8.24. The van der Waals surface area contributed by atoms with E-state index in [-0.39, 0.29) is 12.5 Å². The lowest BCUT2D eigenvalue weighted by molar-refractivity contribution is -0.124. The van der Waals surface area contributed by atoms with Crippen LogP contribution in [0.15, 0.2) is 0 Å². The molecular formula is C10H20O3. The Morgan fingerprint density at radius 1 is 1.31 bits per heavy atom. The van der Waals surface area contributed by atoms with Crippen LogP contribution in [0.1, 0.15) is 39.0 Å². The minimum Gasteiger partial charge on any atom is -0.394 e. The highest BCUT2D eigenvalue weighted by molar-refractivity contribution is 4.89. The molecule has 1 saturated carbocycles. The molecule has 0 radical (unpaired) electrons. The lowest BCUT2D eigenvalue weighted by Crippen LogP contribution is -2.48. The van der Waals surface area contributed by atoms with E-state index in [0.29, 0.717) is 0 Å². The van der Waals surface area contributed by atoms with Crippen LogP contribution >= 0.6 is 0 Å². The molecule has 1 aliphatic rings. The van der Waals surface area contributed by atoms with Crippen molar-refractivity contribution in [3.05, 3.63) is 0 Å². The average Bonchev–Trinajstić information content (AvgIpc) is 2.18. The molecular weight excluding hydrogens is 168 g/mol. The Balaban J connectivity index is 2.55. The molecule has 78 valence electrons. The first-order chi connectivity index (χ1) is 6.09. The second-order valence-electron chi connectivity index (χ2n) is 4.26. The summed E-state index contributed by atoms with van der Waals surface area (Å²) in [5, 5.41) is 28.2. The molecule has 1 fully saturated rings. The van der Waals surface area contributed by atoms with Crippen molar-refractivity contribution in [2.45, 2.75) is 50.7 Å². The second kappa shape index (κ2) is 4.40. The van der Waals surface area contributed by atoms with Gasteiger partial charge in [-0.1, -0.05) is 19.3 Å². The molecule has 3 heteroatoms. The molecule has 13 heavy (non-hydrogen) atoms. The van der Waals surface area contributed by atoms with Crippen LogP contribution < -0.4 is 0 Å². The summed E-state index contributed by atoms with van der Waals surface area (Å²) in [5.41, 5.74) is -1.12. The summed E-state index contributed by atoms with van der Waals surface area (Å²) in [6.45, 7) is 1.27. The quantitative estimate of drug-likeness (QED) is 0.610. The van der Waals surface area contributed by atoms with Crippen molar-refractivity contribution in [1.29, 1.82) is 0 Å². The molecule has 0 aromatic heterocycles. The molecule has 1 rings (SSSR count). The fourth-order valence-corrected chi connectivity index (χ4v) is 2.14. The summed E-state index contributed by atoms with van der Waals surface area (Å²) in [5.74, 6) is 0.142. The zero-order valence-corrected chi connectivity index (χ0v) is 8.24. The van der Waals surface area contributed by atoms with E-state index in [1.165, 1.54) is 6.42 Å². The van der Waals surface area contributed by atoms with Crippen LogP contribution in [0.4, 0.5) is 0 Å². The Morgan fingerprint density at radius 3 is 2.31 bits per heavy atom. The maximum atomic E-state index is 10.00. The summed E-state index contributed by atoms with van der Waals surface area (Å²) in [6, 6.07) is 0. The van der Waals surface area contributed by atoms with Gasteiger partial charge in [-0.25, -0.2) is 0 Å². The lowest BCUT2D eigenvalue weighted by atomic mass is 9.75. The smallest absolute Gasteiger partial charge is 0.106 e. The molecule has 0 saturated heterocycles. The number of aliphatic hydroxyl groups is 3.